The van der Waals surface area contributed by atoms with E-state index in [2.05, 4.69) is 15.0 Å². The number of anilines is 2. The number of hydrogen-bond acceptors (Lipinski definition) is 6. The Bertz CT molecular complexity index is 1320. The number of carbonyl (C=O) groups is 1. The van der Waals surface area contributed by atoms with E-state index in [9.17, 15) is 17.6 Å². The Morgan fingerprint density at radius 2 is 1.71 bits per heavy atom. The third-order valence-corrected chi connectivity index (χ3v) is 7.69. The summed E-state index contributed by atoms with van der Waals surface area (Å²) in [7, 11) is -3.68. The molecule has 0 fully saturated rings. The van der Waals surface area contributed by atoms with E-state index in [0.717, 1.165) is 4.70 Å². The van der Waals surface area contributed by atoms with Crippen LogP contribution in [-0.2, 0) is 14.8 Å². The molecule has 0 saturated carbocycles. The van der Waals surface area contributed by atoms with Crippen LogP contribution in [0, 0.1) is 5.82 Å². The molecule has 158 valence electrons. The fourth-order valence-corrected chi connectivity index (χ4v) is 5.68. The maximum absolute atomic E-state index is 12.9. The fourth-order valence-electron chi connectivity index (χ4n) is 2.70. The maximum atomic E-state index is 12.9. The lowest BCUT2D eigenvalue weighted by atomic mass is 10.3. The lowest BCUT2D eigenvalue weighted by Crippen LogP contribution is -2.13. The molecule has 4 aromatic rings. The standard InChI is InChI=1S/C21H16FN3O3S3/c22-14-6-8-15(9-7-14)23-20(26)13-29-21-24-18-11-10-16(12-19(18)30-21)25-31(27,28)17-4-2-1-3-5-17/h1-12,25H,13H2,(H,23,26). The second-order valence-corrected chi connectivity index (χ2v) is 10.4. The van der Waals surface area contributed by atoms with E-state index in [1.54, 1.807) is 36.4 Å². The van der Waals surface area contributed by atoms with Gasteiger partial charge in [0.15, 0.2) is 4.34 Å². The summed E-state index contributed by atoms with van der Waals surface area (Å²) in [5.74, 6) is -0.454. The Labute approximate surface area is 186 Å². The van der Waals surface area contributed by atoms with Gasteiger partial charge in [0.2, 0.25) is 5.91 Å². The molecule has 3 aromatic carbocycles. The van der Waals surface area contributed by atoms with Gasteiger partial charge in [0, 0.05) is 5.69 Å². The summed E-state index contributed by atoms with van der Waals surface area (Å²) in [6.45, 7) is 0. The van der Waals surface area contributed by atoms with E-state index in [4.69, 9.17) is 0 Å². The van der Waals surface area contributed by atoms with E-state index < -0.39 is 10.0 Å². The molecular weight excluding hydrogens is 457 g/mol. The molecule has 1 amide bonds. The highest BCUT2D eigenvalue weighted by Gasteiger charge is 2.15. The molecule has 2 N–H and O–H groups in total. The van der Waals surface area contributed by atoms with Crippen LogP contribution in [0.5, 0.6) is 0 Å². The van der Waals surface area contributed by atoms with Crippen molar-refractivity contribution in [1.29, 1.82) is 0 Å². The summed E-state index contributed by atoms with van der Waals surface area (Å²) < 4.78 is 42.0. The quantitative estimate of drug-likeness (QED) is 0.370. The highest BCUT2D eigenvalue weighted by atomic mass is 32.2. The summed E-state index contributed by atoms with van der Waals surface area (Å²) in [6.07, 6.45) is 0. The van der Waals surface area contributed by atoms with E-state index >= 15 is 0 Å². The first-order valence-electron chi connectivity index (χ1n) is 9.06. The normalized spacial score (nSPS) is 11.4. The van der Waals surface area contributed by atoms with E-state index in [0.29, 0.717) is 21.2 Å². The minimum absolute atomic E-state index is 0.144. The number of rotatable bonds is 7. The van der Waals surface area contributed by atoms with Crippen LogP contribution in [0.15, 0.2) is 82.0 Å². The highest BCUT2D eigenvalue weighted by molar-refractivity contribution is 8.01. The minimum Gasteiger partial charge on any atom is -0.325 e. The second kappa shape index (κ2) is 9.04. The number of hydrogen-bond donors (Lipinski definition) is 2. The molecule has 0 aliphatic heterocycles. The number of aromatic nitrogens is 1. The number of halogens is 1. The van der Waals surface area contributed by atoms with Crippen molar-refractivity contribution in [2.75, 3.05) is 15.8 Å². The van der Waals surface area contributed by atoms with Gasteiger partial charge in [0.25, 0.3) is 10.0 Å². The Balaban J connectivity index is 1.41. The van der Waals surface area contributed by atoms with Crippen LogP contribution in [0.4, 0.5) is 15.8 Å². The zero-order valence-electron chi connectivity index (χ0n) is 15.9. The maximum Gasteiger partial charge on any atom is 0.261 e. The van der Waals surface area contributed by atoms with Crippen molar-refractivity contribution < 1.29 is 17.6 Å². The van der Waals surface area contributed by atoms with Crippen molar-refractivity contribution in [3.8, 4) is 0 Å². The molecule has 1 aromatic heterocycles. The number of amides is 1. The molecule has 0 unspecified atom stereocenters. The number of thiazole rings is 1. The van der Waals surface area contributed by atoms with Gasteiger partial charge in [-0.05, 0) is 54.6 Å². The van der Waals surface area contributed by atoms with Gasteiger partial charge in [-0.1, -0.05) is 30.0 Å². The summed E-state index contributed by atoms with van der Waals surface area (Å²) in [5, 5.41) is 2.70. The van der Waals surface area contributed by atoms with Crippen LogP contribution in [0.1, 0.15) is 0 Å². The average Bonchev–Trinajstić information content (AvgIpc) is 3.16. The number of fused-ring (bicyclic) bond motifs is 1. The van der Waals surface area contributed by atoms with Gasteiger partial charge in [-0.25, -0.2) is 17.8 Å². The third kappa shape index (κ3) is 5.40. The van der Waals surface area contributed by atoms with E-state index in [1.165, 1.54) is 59.5 Å². The number of benzene rings is 3. The molecule has 0 saturated heterocycles. The number of nitrogens with zero attached hydrogens (tertiary/aromatic N) is 1. The number of nitrogens with one attached hydrogen (secondary N) is 2. The monoisotopic (exact) mass is 473 g/mol. The first-order valence-corrected chi connectivity index (χ1v) is 12.3. The first-order chi connectivity index (χ1) is 14.9. The van der Waals surface area contributed by atoms with Crippen molar-refractivity contribution in [3.63, 3.8) is 0 Å². The molecule has 0 atom stereocenters. The summed E-state index contributed by atoms with van der Waals surface area (Å²) in [6, 6.07) is 18.8. The molecule has 10 heteroatoms. The van der Waals surface area contributed by atoms with Crippen LogP contribution in [0.25, 0.3) is 10.2 Å². The predicted octanol–water partition coefficient (Wildman–Crippen LogP) is 4.97. The summed E-state index contributed by atoms with van der Waals surface area (Å²) >= 11 is 2.65. The largest absolute Gasteiger partial charge is 0.325 e. The highest BCUT2D eigenvalue weighted by Crippen LogP contribution is 2.32. The summed E-state index contributed by atoms with van der Waals surface area (Å²) in [4.78, 5) is 16.8. The number of thioether (sulfide) groups is 1. The van der Waals surface area contributed by atoms with Crippen molar-refractivity contribution in [2.24, 2.45) is 0 Å². The topological polar surface area (TPSA) is 88.2 Å². The predicted molar refractivity (Wildman–Crippen MR) is 123 cm³/mol. The van der Waals surface area contributed by atoms with Crippen LogP contribution in [0.3, 0.4) is 0 Å². The average molecular weight is 474 g/mol. The number of carbonyl (C=O) groups excluding carboxylic acids is 1. The zero-order chi connectivity index (χ0) is 21.8. The van der Waals surface area contributed by atoms with Crippen LogP contribution in [-0.4, -0.2) is 25.1 Å². The third-order valence-electron chi connectivity index (χ3n) is 4.13. The van der Waals surface area contributed by atoms with E-state index in [1.807, 2.05) is 0 Å². The van der Waals surface area contributed by atoms with Gasteiger partial charge in [-0.2, -0.15) is 0 Å². The molecule has 0 aliphatic carbocycles. The van der Waals surface area contributed by atoms with Crippen molar-refractivity contribution in [2.45, 2.75) is 9.24 Å². The van der Waals surface area contributed by atoms with Gasteiger partial charge >= 0.3 is 0 Å². The Morgan fingerprint density at radius 3 is 2.45 bits per heavy atom. The molecule has 1 heterocycles. The molecule has 6 nitrogen and oxygen atoms in total. The Kier molecular flexibility index (Phi) is 6.21. The SMILES string of the molecule is O=C(CSc1nc2ccc(NS(=O)(=O)c3ccccc3)cc2s1)Nc1ccc(F)cc1. The van der Waals surface area contributed by atoms with Gasteiger partial charge in [-0.3, -0.25) is 9.52 Å². The molecular formula is C21H16FN3O3S3. The molecule has 0 radical (unpaired) electrons. The van der Waals surface area contributed by atoms with Gasteiger partial charge in [0.05, 0.1) is 26.6 Å². The molecule has 0 bridgehead atoms. The molecule has 31 heavy (non-hydrogen) atoms. The van der Waals surface area contributed by atoms with Crippen molar-refractivity contribution >= 4 is 60.6 Å². The lowest BCUT2D eigenvalue weighted by Gasteiger charge is -2.07. The van der Waals surface area contributed by atoms with Gasteiger partial charge in [0.1, 0.15) is 5.82 Å². The van der Waals surface area contributed by atoms with Crippen LogP contribution < -0.4 is 10.0 Å². The zero-order valence-corrected chi connectivity index (χ0v) is 18.4. The van der Waals surface area contributed by atoms with Crippen LogP contribution >= 0.6 is 23.1 Å². The summed E-state index contributed by atoms with van der Waals surface area (Å²) in [5.41, 5.74) is 1.67. The second-order valence-electron chi connectivity index (χ2n) is 6.42. The van der Waals surface area contributed by atoms with Gasteiger partial charge in [-0.15, -0.1) is 11.3 Å². The van der Waals surface area contributed by atoms with Gasteiger partial charge < -0.3 is 5.32 Å². The molecule has 4 rings (SSSR count). The first kappa shape index (κ1) is 21.3. The Hall–Kier alpha value is -2.95. The van der Waals surface area contributed by atoms with Crippen LogP contribution in [0.2, 0.25) is 0 Å². The van der Waals surface area contributed by atoms with Crippen molar-refractivity contribution in [1.82, 2.24) is 4.98 Å². The lowest BCUT2D eigenvalue weighted by molar-refractivity contribution is -0.113. The molecule has 0 spiro atoms. The Morgan fingerprint density at radius 1 is 1.00 bits per heavy atom. The minimum atomic E-state index is -3.68. The number of sulfonamides is 1. The fraction of sp³-hybridized carbons (Fsp3) is 0.0476. The smallest absolute Gasteiger partial charge is 0.261 e. The van der Waals surface area contributed by atoms with E-state index in [-0.39, 0.29) is 22.4 Å². The molecule has 0 aliphatic rings. The van der Waals surface area contributed by atoms with Crippen molar-refractivity contribution in [3.05, 3.63) is 78.6 Å².